The number of hydrogen-bond acceptors (Lipinski definition) is 7. The Bertz CT molecular complexity index is 793. The van der Waals surface area contributed by atoms with Gasteiger partial charge in [0.1, 0.15) is 23.9 Å². The fourth-order valence-electron chi connectivity index (χ4n) is 3.38. The molecule has 1 amide bonds. The van der Waals surface area contributed by atoms with Gasteiger partial charge in [0.25, 0.3) is 0 Å². The Morgan fingerprint density at radius 2 is 2.04 bits per heavy atom. The zero-order chi connectivity index (χ0) is 18.8. The van der Waals surface area contributed by atoms with Gasteiger partial charge in [-0.2, -0.15) is 0 Å². The quantitative estimate of drug-likeness (QED) is 0.850. The van der Waals surface area contributed by atoms with E-state index in [1.54, 1.807) is 11.8 Å². The number of rotatable bonds is 5. The van der Waals surface area contributed by atoms with E-state index < -0.39 is 12.2 Å². The van der Waals surface area contributed by atoms with Crippen molar-refractivity contribution >= 4 is 11.8 Å². The lowest BCUT2D eigenvalue weighted by atomic mass is 10.1. The average Bonchev–Trinajstić information content (AvgIpc) is 3.35. The van der Waals surface area contributed by atoms with Crippen LogP contribution in [-0.2, 0) is 25.6 Å². The summed E-state index contributed by atoms with van der Waals surface area (Å²) in [5.74, 6) is 0. The third kappa shape index (κ3) is 3.80. The van der Waals surface area contributed by atoms with Gasteiger partial charge >= 0.3 is 6.09 Å². The molecule has 4 atom stereocenters. The van der Waals surface area contributed by atoms with Crippen LogP contribution < -0.4 is 5.32 Å². The number of nitrogens with zero attached hydrogens (tertiary/aromatic N) is 3. The van der Waals surface area contributed by atoms with Crippen LogP contribution in [0.15, 0.2) is 30.5 Å². The molecule has 0 aliphatic carbocycles. The van der Waals surface area contributed by atoms with Crippen molar-refractivity contribution in [2.24, 2.45) is 0 Å². The molecule has 1 aromatic heterocycles. The lowest BCUT2D eigenvalue weighted by molar-refractivity contribution is 0.00770. The molecule has 1 N–H and O–H groups in total. The summed E-state index contributed by atoms with van der Waals surface area (Å²) in [5, 5.41) is 10.9. The Labute approximate surface area is 156 Å². The van der Waals surface area contributed by atoms with Crippen LogP contribution in [0.3, 0.4) is 0 Å². The number of aromatic nitrogens is 3. The topological polar surface area (TPSA) is 96.7 Å². The maximum atomic E-state index is 12.2. The Hall–Kier alpha value is -2.49. The Kier molecular flexibility index (Phi) is 5.06. The highest BCUT2D eigenvalue weighted by molar-refractivity contribution is 5.84. The van der Waals surface area contributed by atoms with Gasteiger partial charge in [-0.05, 0) is 19.1 Å². The number of fused-ring (bicyclic) bond motifs is 1. The minimum Gasteiger partial charge on any atom is -0.441 e. The van der Waals surface area contributed by atoms with Gasteiger partial charge in [0.2, 0.25) is 0 Å². The largest absolute Gasteiger partial charge is 0.441 e. The van der Waals surface area contributed by atoms with E-state index in [0.29, 0.717) is 18.9 Å². The summed E-state index contributed by atoms with van der Waals surface area (Å²) in [6, 6.07) is 7.39. The monoisotopic (exact) mass is 374 g/mol. The van der Waals surface area contributed by atoms with Gasteiger partial charge in [-0.1, -0.05) is 22.9 Å². The summed E-state index contributed by atoms with van der Waals surface area (Å²) in [4.78, 5) is 12.2. The van der Waals surface area contributed by atoms with E-state index in [0.717, 1.165) is 11.3 Å². The predicted octanol–water partition coefficient (Wildman–Crippen LogP) is 1.69. The summed E-state index contributed by atoms with van der Waals surface area (Å²) in [5.41, 5.74) is 2.54. The maximum Gasteiger partial charge on any atom is 0.412 e. The van der Waals surface area contributed by atoms with Crippen molar-refractivity contribution in [3.05, 3.63) is 41.7 Å². The molecule has 2 saturated heterocycles. The molecule has 2 aromatic rings. The van der Waals surface area contributed by atoms with Gasteiger partial charge < -0.3 is 18.9 Å². The lowest BCUT2D eigenvalue weighted by Gasteiger charge is -2.17. The second-order valence-corrected chi connectivity index (χ2v) is 6.72. The molecule has 144 valence electrons. The lowest BCUT2D eigenvalue weighted by Crippen LogP contribution is -2.34. The summed E-state index contributed by atoms with van der Waals surface area (Å²) in [7, 11) is 1.61. The number of amides is 1. The molecule has 0 unspecified atom stereocenters. The van der Waals surface area contributed by atoms with Gasteiger partial charge in [-0.3, -0.25) is 5.32 Å². The van der Waals surface area contributed by atoms with Crippen LogP contribution in [0.4, 0.5) is 10.5 Å². The standard InChI is InChI=1S/C18H22N4O5/c1-11-3-5-12(6-4-11)19-18(23)27-15-10-26-16-14(9-25-17(15)16)22-7-13(8-24-2)20-21-22/h3-7,14-17H,8-10H2,1-2H3,(H,19,23)/t14-,15+,16+,17+/m0/s1. The van der Waals surface area contributed by atoms with Crippen molar-refractivity contribution in [2.75, 3.05) is 25.6 Å². The molecule has 9 heteroatoms. The average molecular weight is 374 g/mol. The second kappa shape index (κ2) is 7.63. The molecule has 4 rings (SSSR count). The van der Waals surface area contributed by atoms with Crippen LogP contribution >= 0.6 is 0 Å². The van der Waals surface area contributed by atoms with Crippen molar-refractivity contribution in [1.82, 2.24) is 15.0 Å². The van der Waals surface area contributed by atoms with E-state index in [2.05, 4.69) is 15.6 Å². The molecule has 0 saturated carbocycles. The molecule has 9 nitrogen and oxygen atoms in total. The van der Waals surface area contributed by atoms with E-state index >= 15 is 0 Å². The van der Waals surface area contributed by atoms with Crippen LogP contribution in [0, 0.1) is 6.92 Å². The molecular weight excluding hydrogens is 352 g/mol. The first-order valence-electron chi connectivity index (χ1n) is 8.81. The molecule has 0 spiro atoms. The fraction of sp³-hybridized carbons (Fsp3) is 0.500. The minimum atomic E-state index is -0.525. The van der Waals surface area contributed by atoms with E-state index in [1.807, 2.05) is 37.4 Å². The third-order valence-electron chi connectivity index (χ3n) is 4.73. The number of nitrogens with one attached hydrogen (secondary N) is 1. The number of hydrogen-bond donors (Lipinski definition) is 1. The molecule has 2 fully saturated rings. The Morgan fingerprint density at radius 1 is 1.26 bits per heavy atom. The highest BCUT2D eigenvalue weighted by atomic mass is 16.6. The number of benzene rings is 1. The predicted molar refractivity (Wildman–Crippen MR) is 94.3 cm³/mol. The third-order valence-corrected chi connectivity index (χ3v) is 4.73. The highest BCUT2D eigenvalue weighted by Gasteiger charge is 2.50. The molecule has 2 aliphatic rings. The van der Waals surface area contributed by atoms with Gasteiger partial charge in [0.15, 0.2) is 6.10 Å². The van der Waals surface area contributed by atoms with E-state index in [9.17, 15) is 4.79 Å². The zero-order valence-electron chi connectivity index (χ0n) is 15.2. The minimum absolute atomic E-state index is 0.109. The summed E-state index contributed by atoms with van der Waals surface area (Å²) < 4.78 is 24.0. The molecular formula is C18H22N4O5. The smallest absolute Gasteiger partial charge is 0.412 e. The van der Waals surface area contributed by atoms with Gasteiger partial charge in [-0.25, -0.2) is 9.48 Å². The summed E-state index contributed by atoms with van der Waals surface area (Å²) >= 11 is 0. The van der Waals surface area contributed by atoms with Crippen molar-refractivity contribution in [3.63, 3.8) is 0 Å². The number of methoxy groups -OCH3 is 1. The van der Waals surface area contributed by atoms with E-state index in [1.165, 1.54) is 0 Å². The van der Waals surface area contributed by atoms with E-state index in [-0.39, 0.29) is 24.9 Å². The van der Waals surface area contributed by atoms with Crippen LogP contribution in [0.2, 0.25) is 0 Å². The molecule has 1 aromatic carbocycles. The Morgan fingerprint density at radius 3 is 2.81 bits per heavy atom. The van der Waals surface area contributed by atoms with Crippen molar-refractivity contribution in [1.29, 1.82) is 0 Å². The van der Waals surface area contributed by atoms with E-state index in [4.69, 9.17) is 18.9 Å². The summed E-state index contributed by atoms with van der Waals surface area (Å²) in [6.45, 7) is 3.09. The normalized spacial score (nSPS) is 26.7. The number of ether oxygens (including phenoxy) is 4. The number of anilines is 1. The SMILES string of the molecule is COCc1cn([C@H]2CO[C@H]3[C@@H]2OC[C@H]3OC(=O)Nc2ccc(C)cc2)nn1. The van der Waals surface area contributed by atoms with Crippen molar-refractivity contribution in [2.45, 2.75) is 37.9 Å². The molecule has 3 heterocycles. The summed E-state index contributed by atoms with van der Waals surface area (Å²) in [6.07, 6.45) is 0.269. The molecule has 27 heavy (non-hydrogen) atoms. The van der Waals surface area contributed by atoms with Gasteiger partial charge in [0, 0.05) is 12.8 Å². The molecule has 2 aliphatic heterocycles. The first-order valence-corrected chi connectivity index (χ1v) is 8.81. The fourth-order valence-corrected chi connectivity index (χ4v) is 3.38. The molecule has 0 bridgehead atoms. The van der Waals surface area contributed by atoms with Gasteiger partial charge in [0.05, 0.1) is 26.0 Å². The van der Waals surface area contributed by atoms with Crippen molar-refractivity contribution in [3.8, 4) is 0 Å². The second-order valence-electron chi connectivity index (χ2n) is 6.72. The zero-order valence-corrected chi connectivity index (χ0v) is 15.2. The highest BCUT2D eigenvalue weighted by Crippen LogP contribution is 2.35. The first-order chi connectivity index (χ1) is 13.1. The van der Waals surface area contributed by atoms with Crippen LogP contribution in [0.1, 0.15) is 17.3 Å². The number of carbonyl (C=O) groups is 1. The van der Waals surface area contributed by atoms with Crippen LogP contribution in [0.25, 0.3) is 0 Å². The van der Waals surface area contributed by atoms with Crippen LogP contribution in [0.5, 0.6) is 0 Å². The molecule has 0 radical (unpaired) electrons. The van der Waals surface area contributed by atoms with Crippen LogP contribution in [-0.4, -0.2) is 59.7 Å². The maximum absolute atomic E-state index is 12.2. The first kappa shape index (κ1) is 17.9. The number of carbonyl (C=O) groups excluding carboxylic acids is 1. The Balaban J connectivity index is 1.35. The van der Waals surface area contributed by atoms with Crippen molar-refractivity contribution < 1.29 is 23.7 Å². The number of aryl methyl sites for hydroxylation is 1. The van der Waals surface area contributed by atoms with Gasteiger partial charge in [-0.15, -0.1) is 5.10 Å².